The van der Waals surface area contributed by atoms with E-state index >= 15 is 0 Å². The average molecular weight is 277 g/mol. The van der Waals surface area contributed by atoms with E-state index < -0.39 is 6.10 Å². The molecule has 0 aromatic heterocycles. The van der Waals surface area contributed by atoms with Crippen LogP contribution in [-0.2, 0) is 6.42 Å². The molecule has 3 heteroatoms. The Morgan fingerprint density at radius 2 is 1.85 bits per heavy atom. The summed E-state index contributed by atoms with van der Waals surface area (Å²) in [5, 5.41) is 10.7. The molecule has 112 valence electrons. The second kappa shape index (κ2) is 6.59. The van der Waals surface area contributed by atoms with Gasteiger partial charge in [-0.05, 0) is 51.4 Å². The first-order valence-corrected chi connectivity index (χ1v) is 7.60. The maximum absolute atomic E-state index is 10.7. The summed E-state index contributed by atoms with van der Waals surface area (Å²) < 4.78 is 5.38. The van der Waals surface area contributed by atoms with Crippen molar-refractivity contribution >= 4 is 0 Å². The van der Waals surface area contributed by atoms with E-state index in [1.54, 1.807) is 7.11 Å². The molecule has 0 amide bonds. The maximum atomic E-state index is 10.7. The molecular weight excluding hydrogens is 250 g/mol. The zero-order valence-corrected chi connectivity index (χ0v) is 12.9. The van der Waals surface area contributed by atoms with Crippen LogP contribution in [0.3, 0.4) is 0 Å². The van der Waals surface area contributed by atoms with Crippen LogP contribution in [0.15, 0.2) is 24.3 Å². The fourth-order valence-electron chi connectivity index (χ4n) is 3.01. The second-order valence-corrected chi connectivity index (χ2v) is 6.23. The van der Waals surface area contributed by atoms with Gasteiger partial charge in [0, 0.05) is 12.0 Å². The molecule has 1 aliphatic rings. The molecule has 20 heavy (non-hydrogen) atoms. The van der Waals surface area contributed by atoms with E-state index in [0.717, 1.165) is 24.4 Å². The van der Waals surface area contributed by atoms with Gasteiger partial charge in [-0.2, -0.15) is 0 Å². The molecule has 1 heterocycles. The topological polar surface area (TPSA) is 32.7 Å². The van der Waals surface area contributed by atoms with Gasteiger partial charge in [-0.3, -0.25) is 4.90 Å². The van der Waals surface area contributed by atoms with E-state index in [0.29, 0.717) is 6.42 Å². The molecule has 0 saturated carbocycles. The molecule has 0 spiro atoms. The zero-order valence-electron chi connectivity index (χ0n) is 12.9. The highest BCUT2D eigenvalue weighted by molar-refractivity contribution is 5.34. The van der Waals surface area contributed by atoms with E-state index in [1.807, 2.05) is 24.3 Å². The minimum absolute atomic E-state index is 0.193. The first kappa shape index (κ1) is 15.3. The Bertz CT molecular complexity index is 425. The van der Waals surface area contributed by atoms with Crippen molar-refractivity contribution in [2.24, 2.45) is 0 Å². The summed E-state index contributed by atoms with van der Waals surface area (Å²) in [6.07, 6.45) is 4.04. The predicted octanol–water partition coefficient (Wildman–Crippen LogP) is 2.86. The van der Waals surface area contributed by atoms with Crippen LogP contribution in [0.5, 0.6) is 5.75 Å². The van der Waals surface area contributed by atoms with Crippen LogP contribution >= 0.6 is 0 Å². The number of rotatable bonds is 5. The molecule has 1 saturated heterocycles. The lowest BCUT2D eigenvalue weighted by molar-refractivity contribution is -0.0189. The van der Waals surface area contributed by atoms with Gasteiger partial charge in [-0.1, -0.05) is 24.6 Å². The van der Waals surface area contributed by atoms with Crippen molar-refractivity contribution in [2.75, 3.05) is 20.2 Å². The highest BCUT2D eigenvalue weighted by Gasteiger charge is 2.35. The van der Waals surface area contributed by atoms with Crippen molar-refractivity contribution in [3.63, 3.8) is 0 Å². The molecule has 0 bridgehead atoms. The number of para-hydroxylation sites is 1. The van der Waals surface area contributed by atoms with Gasteiger partial charge in [0.15, 0.2) is 0 Å². The molecule has 2 rings (SSSR count). The number of hydrogen-bond donors (Lipinski definition) is 1. The summed E-state index contributed by atoms with van der Waals surface area (Å²) in [6, 6.07) is 7.95. The van der Waals surface area contributed by atoms with Crippen molar-refractivity contribution < 1.29 is 9.84 Å². The third-order valence-electron chi connectivity index (χ3n) is 4.59. The molecule has 1 N–H and O–H groups in total. The van der Waals surface area contributed by atoms with Crippen molar-refractivity contribution in [3.8, 4) is 5.75 Å². The Morgan fingerprint density at radius 1 is 1.20 bits per heavy atom. The molecule has 1 aliphatic heterocycles. The fraction of sp³-hybridized carbons (Fsp3) is 0.647. The summed E-state index contributed by atoms with van der Waals surface area (Å²) in [5.74, 6) is 0.862. The van der Waals surface area contributed by atoms with Crippen LogP contribution in [0.1, 0.15) is 38.7 Å². The maximum Gasteiger partial charge on any atom is 0.122 e. The molecule has 1 fully saturated rings. The number of benzene rings is 1. The number of methoxy groups -OCH3 is 1. The van der Waals surface area contributed by atoms with Crippen molar-refractivity contribution in [1.29, 1.82) is 0 Å². The van der Waals surface area contributed by atoms with E-state index in [1.165, 1.54) is 19.3 Å². The minimum atomic E-state index is -0.392. The normalized spacial score (nSPS) is 18.8. The van der Waals surface area contributed by atoms with E-state index in [4.69, 9.17) is 4.74 Å². The first-order valence-electron chi connectivity index (χ1n) is 7.60. The Kier molecular flexibility index (Phi) is 5.06. The van der Waals surface area contributed by atoms with Crippen molar-refractivity contribution in [2.45, 2.75) is 51.2 Å². The summed E-state index contributed by atoms with van der Waals surface area (Å²) in [4.78, 5) is 2.43. The van der Waals surface area contributed by atoms with E-state index in [-0.39, 0.29) is 5.54 Å². The smallest absolute Gasteiger partial charge is 0.122 e. The standard InChI is InChI=1S/C17H27NO2/c1-17(2,18-11-7-4-8-12-18)16(19)13-14-9-5-6-10-15(14)20-3/h5-6,9-10,16,19H,4,7-8,11-13H2,1-3H3. The SMILES string of the molecule is COc1ccccc1CC(O)C(C)(C)N1CCCCC1. The third kappa shape index (κ3) is 3.33. The van der Waals surface area contributed by atoms with Gasteiger partial charge in [0.25, 0.3) is 0 Å². The number of aliphatic hydroxyl groups is 1. The quantitative estimate of drug-likeness (QED) is 0.898. The predicted molar refractivity (Wildman–Crippen MR) is 82.2 cm³/mol. The van der Waals surface area contributed by atoms with Crippen LogP contribution in [0.25, 0.3) is 0 Å². The largest absolute Gasteiger partial charge is 0.496 e. The molecule has 0 aliphatic carbocycles. The van der Waals surface area contributed by atoms with E-state index in [9.17, 15) is 5.11 Å². The van der Waals surface area contributed by atoms with Gasteiger partial charge >= 0.3 is 0 Å². The lowest BCUT2D eigenvalue weighted by Crippen LogP contribution is -2.54. The summed E-state index contributed by atoms with van der Waals surface area (Å²) in [5.41, 5.74) is 0.883. The first-order chi connectivity index (χ1) is 9.55. The van der Waals surface area contributed by atoms with Crippen LogP contribution in [0.2, 0.25) is 0 Å². The molecule has 1 unspecified atom stereocenters. The third-order valence-corrected chi connectivity index (χ3v) is 4.59. The Morgan fingerprint density at radius 3 is 2.50 bits per heavy atom. The number of piperidine rings is 1. The highest BCUT2D eigenvalue weighted by atomic mass is 16.5. The Hall–Kier alpha value is -1.06. The zero-order chi connectivity index (χ0) is 14.6. The van der Waals surface area contributed by atoms with Gasteiger partial charge in [0.05, 0.1) is 13.2 Å². The van der Waals surface area contributed by atoms with Crippen molar-refractivity contribution in [3.05, 3.63) is 29.8 Å². The van der Waals surface area contributed by atoms with Crippen molar-refractivity contribution in [1.82, 2.24) is 4.90 Å². The summed E-state index contributed by atoms with van der Waals surface area (Å²) >= 11 is 0. The number of ether oxygens (including phenoxy) is 1. The molecular formula is C17H27NO2. The summed E-state index contributed by atoms with van der Waals surface area (Å²) in [6.45, 7) is 6.49. The number of aliphatic hydroxyl groups excluding tert-OH is 1. The second-order valence-electron chi connectivity index (χ2n) is 6.23. The van der Waals surface area contributed by atoms with E-state index in [2.05, 4.69) is 18.7 Å². The van der Waals surface area contributed by atoms with Gasteiger partial charge < -0.3 is 9.84 Å². The molecule has 3 nitrogen and oxygen atoms in total. The minimum Gasteiger partial charge on any atom is -0.496 e. The molecule has 1 aromatic rings. The van der Waals surface area contributed by atoms with Gasteiger partial charge in [-0.25, -0.2) is 0 Å². The Balaban J connectivity index is 2.07. The molecule has 1 atom stereocenters. The van der Waals surface area contributed by atoms with Crippen LogP contribution in [0.4, 0.5) is 0 Å². The van der Waals surface area contributed by atoms with Gasteiger partial charge in [-0.15, -0.1) is 0 Å². The van der Waals surface area contributed by atoms with Crippen LogP contribution < -0.4 is 4.74 Å². The lowest BCUT2D eigenvalue weighted by Gasteiger charge is -2.44. The Labute approximate surface area is 122 Å². The molecule has 1 aromatic carbocycles. The highest BCUT2D eigenvalue weighted by Crippen LogP contribution is 2.28. The monoisotopic (exact) mass is 277 g/mol. The number of likely N-dealkylation sites (tertiary alicyclic amines) is 1. The van der Waals surface area contributed by atoms with Crippen LogP contribution in [0, 0.1) is 0 Å². The fourth-order valence-corrected chi connectivity index (χ4v) is 3.01. The van der Waals surface area contributed by atoms with Crippen LogP contribution in [-0.4, -0.2) is 41.8 Å². The number of hydrogen-bond acceptors (Lipinski definition) is 3. The molecule has 0 radical (unpaired) electrons. The van der Waals surface area contributed by atoms with Gasteiger partial charge in [0.2, 0.25) is 0 Å². The lowest BCUT2D eigenvalue weighted by atomic mass is 9.88. The average Bonchev–Trinajstić information content (AvgIpc) is 2.48. The summed E-state index contributed by atoms with van der Waals surface area (Å²) in [7, 11) is 1.68. The number of nitrogens with zero attached hydrogens (tertiary/aromatic N) is 1. The van der Waals surface area contributed by atoms with Gasteiger partial charge in [0.1, 0.15) is 5.75 Å².